The Kier molecular flexibility index (Phi) is 6.87. The van der Waals surface area contributed by atoms with Crippen LogP contribution < -0.4 is 4.90 Å². The Bertz CT molecular complexity index is 2820. The normalized spacial score (nSPS) is 14.9. The molecule has 7 aromatic carbocycles. The van der Waals surface area contributed by atoms with Gasteiger partial charge in [-0.3, -0.25) is 0 Å². The zero-order valence-electron chi connectivity index (χ0n) is 32.2. The second-order valence-electron chi connectivity index (χ2n) is 17.4. The monoisotopic (exact) mass is 699 g/mol. The summed E-state index contributed by atoms with van der Waals surface area (Å²) in [4.78, 5) is 2.44. The molecule has 0 saturated heterocycles. The molecule has 0 unspecified atom stereocenters. The third-order valence-electron chi connectivity index (χ3n) is 12.4. The predicted octanol–water partition coefficient (Wildman–Crippen LogP) is 14.6. The standard InChI is InChI=1S/C52H45NO/c1-50(2,3)32-23-26-40-45(29-32)52(6,7)44-20-14-18-39(49(40)44)36-16-9-12-21-46(36)53(34-24-27-38-37-17-10-13-22-47(37)54-48(38)31-34)33-25-28-43-41(30-33)35-15-8-11-19-42(35)51(43,4)5/h8-31H,1-7H3. The molecule has 0 radical (unpaired) electrons. The van der Waals surface area contributed by atoms with Crippen LogP contribution in [0.4, 0.5) is 17.1 Å². The van der Waals surface area contributed by atoms with Crippen molar-refractivity contribution < 1.29 is 4.42 Å². The summed E-state index contributed by atoms with van der Waals surface area (Å²) in [5.74, 6) is 0. The molecule has 0 saturated carbocycles. The van der Waals surface area contributed by atoms with E-state index < -0.39 is 0 Å². The minimum atomic E-state index is -0.122. The fraction of sp³-hybridized carbons (Fsp3) is 0.192. The van der Waals surface area contributed by atoms with Gasteiger partial charge in [0, 0.05) is 44.6 Å². The Hall–Kier alpha value is -5.86. The van der Waals surface area contributed by atoms with E-state index in [1.165, 1.54) is 61.2 Å². The van der Waals surface area contributed by atoms with Crippen LogP contribution >= 0.6 is 0 Å². The average Bonchev–Trinajstić information content (AvgIpc) is 3.74. The van der Waals surface area contributed by atoms with Crippen LogP contribution in [0.25, 0.3) is 55.3 Å². The van der Waals surface area contributed by atoms with E-state index in [9.17, 15) is 0 Å². The molecule has 2 aliphatic carbocycles. The van der Waals surface area contributed by atoms with Crippen LogP contribution in [0.15, 0.2) is 150 Å². The molecule has 1 aromatic heterocycles. The van der Waals surface area contributed by atoms with Gasteiger partial charge in [0.1, 0.15) is 11.2 Å². The van der Waals surface area contributed by atoms with Gasteiger partial charge in [-0.15, -0.1) is 0 Å². The van der Waals surface area contributed by atoms with Gasteiger partial charge in [0.05, 0.1) is 5.69 Å². The molecule has 2 heteroatoms. The first kappa shape index (κ1) is 32.8. The lowest BCUT2D eigenvalue weighted by atomic mass is 9.79. The highest BCUT2D eigenvalue weighted by Gasteiger charge is 2.39. The first-order valence-corrected chi connectivity index (χ1v) is 19.3. The number of rotatable bonds is 4. The van der Waals surface area contributed by atoms with Gasteiger partial charge in [-0.05, 0) is 97.4 Å². The van der Waals surface area contributed by atoms with Crippen molar-refractivity contribution in [3.63, 3.8) is 0 Å². The first-order chi connectivity index (χ1) is 25.9. The maximum atomic E-state index is 6.51. The van der Waals surface area contributed by atoms with Crippen molar-refractivity contribution >= 4 is 39.0 Å². The molecule has 264 valence electrons. The molecule has 0 amide bonds. The molecular formula is C52H45NO. The van der Waals surface area contributed by atoms with Crippen molar-refractivity contribution in [1.29, 1.82) is 0 Å². The molecule has 1 heterocycles. The SMILES string of the molecule is CC(C)(C)c1ccc2c(c1)C(C)(C)c1cccc(-c3ccccc3N(c3ccc4c(c3)-c3ccccc3C4(C)C)c3ccc4c(c3)oc3ccccc34)c1-2. The molecule has 0 N–H and O–H groups in total. The number of nitrogens with zero attached hydrogens (tertiary/aromatic N) is 1. The summed E-state index contributed by atoms with van der Waals surface area (Å²) < 4.78 is 6.51. The van der Waals surface area contributed by atoms with E-state index in [1.54, 1.807) is 0 Å². The van der Waals surface area contributed by atoms with E-state index in [4.69, 9.17) is 4.42 Å². The van der Waals surface area contributed by atoms with Crippen LogP contribution in [0.2, 0.25) is 0 Å². The summed E-state index contributed by atoms with van der Waals surface area (Å²) >= 11 is 0. The minimum Gasteiger partial charge on any atom is -0.456 e. The van der Waals surface area contributed by atoms with Crippen LogP contribution in [-0.2, 0) is 16.2 Å². The van der Waals surface area contributed by atoms with Crippen LogP contribution in [0.5, 0.6) is 0 Å². The van der Waals surface area contributed by atoms with Gasteiger partial charge in [-0.1, -0.05) is 152 Å². The summed E-state index contributed by atoms with van der Waals surface area (Å²) in [6, 6.07) is 54.0. The Balaban J connectivity index is 1.22. The molecule has 2 nitrogen and oxygen atoms in total. The molecule has 0 atom stereocenters. The summed E-state index contributed by atoms with van der Waals surface area (Å²) in [7, 11) is 0. The van der Waals surface area contributed by atoms with E-state index in [0.29, 0.717) is 0 Å². The maximum Gasteiger partial charge on any atom is 0.137 e. The Morgan fingerprint density at radius 1 is 0.444 bits per heavy atom. The zero-order valence-corrected chi connectivity index (χ0v) is 32.2. The number of anilines is 3. The predicted molar refractivity (Wildman–Crippen MR) is 228 cm³/mol. The Labute approximate surface area is 318 Å². The number of para-hydroxylation sites is 2. The smallest absolute Gasteiger partial charge is 0.137 e. The molecule has 0 spiro atoms. The van der Waals surface area contributed by atoms with Crippen molar-refractivity contribution in [3.8, 4) is 33.4 Å². The van der Waals surface area contributed by atoms with Gasteiger partial charge >= 0.3 is 0 Å². The van der Waals surface area contributed by atoms with Crippen LogP contribution in [0.1, 0.15) is 76.3 Å². The number of hydrogen-bond donors (Lipinski definition) is 0. The highest BCUT2D eigenvalue weighted by atomic mass is 16.3. The molecule has 10 rings (SSSR count). The molecule has 8 aromatic rings. The molecule has 0 fully saturated rings. The lowest BCUT2D eigenvalue weighted by Crippen LogP contribution is -2.17. The second kappa shape index (κ2) is 11.3. The van der Waals surface area contributed by atoms with Crippen molar-refractivity contribution in [2.45, 2.75) is 64.7 Å². The third kappa shape index (κ3) is 4.65. The van der Waals surface area contributed by atoms with Crippen LogP contribution in [0.3, 0.4) is 0 Å². The quantitative estimate of drug-likeness (QED) is 0.182. The van der Waals surface area contributed by atoms with Crippen molar-refractivity contribution in [1.82, 2.24) is 0 Å². The lowest BCUT2D eigenvalue weighted by Gasteiger charge is -2.29. The summed E-state index contributed by atoms with van der Waals surface area (Å²) in [6.07, 6.45) is 0. The van der Waals surface area contributed by atoms with Gasteiger partial charge in [0.15, 0.2) is 0 Å². The minimum absolute atomic E-state index is 0.0714. The number of fused-ring (bicyclic) bond motifs is 9. The zero-order chi connectivity index (χ0) is 37.1. The van der Waals surface area contributed by atoms with Gasteiger partial charge in [0.2, 0.25) is 0 Å². The average molecular weight is 700 g/mol. The Morgan fingerprint density at radius 3 is 1.91 bits per heavy atom. The first-order valence-electron chi connectivity index (χ1n) is 19.3. The van der Waals surface area contributed by atoms with Crippen LogP contribution in [0, 0.1) is 0 Å². The number of furan rings is 1. The Morgan fingerprint density at radius 2 is 1.07 bits per heavy atom. The van der Waals surface area contributed by atoms with Crippen molar-refractivity contribution in [2.75, 3.05) is 4.90 Å². The summed E-state index contributed by atoms with van der Waals surface area (Å²) in [5, 5.41) is 2.26. The number of hydrogen-bond acceptors (Lipinski definition) is 2. The maximum absolute atomic E-state index is 6.51. The fourth-order valence-electron chi connectivity index (χ4n) is 9.50. The van der Waals surface area contributed by atoms with Gasteiger partial charge in [0.25, 0.3) is 0 Å². The van der Waals surface area contributed by atoms with E-state index in [1.807, 2.05) is 6.07 Å². The van der Waals surface area contributed by atoms with E-state index in [2.05, 4.69) is 193 Å². The summed E-state index contributed by atoms with van der Waals surface area (Å²) in [5.41, 5.74) is 19.6. The van der Waals surface area contributed by atoms with Gasteiger partial charge < -0.3 is 9.32 Å². The number of benzene rings is 7. The van der Waals surface area contributed by atoms with Gasteiger partial charge in [-0.2, -0.15) is 0 Å². The second-order valence-corrected chi connectivity index (χ2v) is 17.4. The lowest BCUT2D eigenvalue weighted by molar-refractivity contribution is 0.584. The van der Waals surface area contributed by atoms with Crippen molar-refractivity contribution in [3.05, 3.63) is 173 Å². The van der Waals surface area contributed by atoms with E-state index in [0.717, 1.165) is 39.0 Å². The highest BCUT2D eigenvalue weighted by Crippen LogP contribution is 2.55. The molecule has 54 heavy (non-hydrogen) atoms. The topological polar surface area (TPSA) is 16.4 Å². The molecule has 2 aliphatic rings. The highest BCUT2D eigenvalue weighted by molar-refractivity contribution is 6.07. The molecule has 0 bridgehead atoms. The van der Waals surface area contributed by atoms with E-state index in [-0.39, 0.29) is 16.2 Å². The van der Waals surface area contributed by atoms with Crippen molar-refractivity contribution in [2.24, 2.45) is 0 Å². The largest absolute Gasteiger partial charge is 0.456 e. The molecule has 0 aliphatic heterocycles. The van der Waals surface area contributed by atoms with Gasteiger partial charge in [-0.25, -0.2) is 0 Å². The van der Waals surface area contributed by atoms with Crippen LogP contribution in [-0.4, -0.2) is 0 Å². The fourth-order valence-corrected chi connectivity index (χ4v) is 9.50. The molecular weight excluding hydrogens is 655 g/mol. The summed E-state index contributed by atoms with van der Waals surface area (Å²) in [6.45, 7) is 16.4. The van der Waals surface area contributed by atoms with E-state index >= 15 is 0 Å². The third-order valence-corrected chi connectivity index (χ3v) is 12.4.